The van der Waals surface area contributed by atoms with E-state index in [1.807, 2.05) is 19.1 Å². The molecule has 1 aromatic heterocycles. The number of carbonyl (C=O) groups excluding carboxylic acids is 1. The van der Waals surface area contributed by atoms with Crippen LogP contribution in [-0.4, -0.2) is 41.0 Å². The Kier molecular flexibility index (Phi) is 7.85. The minimum absolute atomic E-state index is 0.0830. The van der Waals surface area contributed by atoms with Crippen LogP contribution in [-0.2, 0) is 16.1 Å². The molecule has 0 saturated heterocycles. The Morgan fingerprint density at radius 2 is 2.33 bits per heavy atom. The zero-order valence-corrected chi connectivity index (χ0v) is 13.4. The Hall–Kier alpha value is -1.53. The van der Waals surface area contributed by atoms with Crippen LogP contribution < -0.4 is 5.73 Å². The van der Waals surface area contributed by atoms with Crippen LogP contribution in [0.1, 0.15) is 25.3 Å². The van der Waals surface area contributed by atoms with Crippen LogP contribution in [0.2, 0.25) is 0 Å². The number of nitrogens with zero attached hydrogens (tertiary/aromatic N) is 2. The summed E-state index contributed by atoms with van der Waals surface area (Å²) in [6.45, 7) is 3.62. The first-order valence-corrected chi connectivity index (χ1v) is 7.37. The van der Waals surface area contributed by atoms with Gasteiger partial charge in [-0.3, -0.25) is 9.78 Å². The van der Waals surface area contributed by atoms with Gasteiger partial charge in [0, 0.05) is 52.0 Å². The maximum atomic E-state index is 12.4. The highest BCUT2D eigenvalue weighted by molar-refractivity contribution is 7.80. The number of hydrogen-bond acceptors (Lipinski definition) is 4. The second kappa shape index (κ2) is 9.41. The monoisotopic (exact) mass is 309 g/mol. The molecule has 0 aliphatic carbocycles. The quantitative estimate of drug-likeness (QED) is 0.704. The van der Waals surface area contributed by atoms with E-state index in [2.05, 4.69) is 4.98 Å². The van der Waals surface area contributed by atoms with Crippen LogP contribution in [0.4, 0.5) is 0 Å². The molecule has 1 atom stereocenters. The zero-order chi connectivity index (χ0) is 15.7. The summed E-state index contributed by atoms with van der Waals surface area (Å²) in [6, 6.07) is 3.81. The highest BCUT2D eigenvalue weighted by Gasteiger charge is 2.17. The molecule has 0 bridgehead atoms. The molecule has 0 spiro atoms. The van der Waals surface area contributed by atoms with Gasteiger partial charge in [-0.25, -0.2) is 0 Å². The highest BCUT2D eigenvalue weighted by atomic mass is 32.1. The van der Waals surface area contributed by atoms with E-state index in [-0.39, 0.29) is 11.8 Å². The summed E-state index contributed by atoms with van der Waals surface area (Å²) in [4.78, 5) is 18.7. The Balaban J connectivity index is 2.66. The van der Waals surface area contributed by atoms with Crippen molar-refractivity contribution in [2.24, 2.45) is 11.7 Å². The number of nitrogens with two attached hydrogens (primary N) is 1. The first kappa shape index (κ1) is 17.5. The number of hydrogen-bond donors (Lipinski definition) is 1. The molecule has 0 aliphatic heterocycles. The van der Waals surface area contributed by atoms with Gasteiger partial charge in [-0.15, -0.1) is 0 Å². The predicted molar refractivity (Wildman–Crippen MR) is 86.7 cm³/mol. The van der Waals surface area contributed by atoms with Crippen molar-refractivity contribution in [2.75, 3.05) is 20.3 Å². The van der Waals surface area contributed by atoms with Crippen LogP contribution in [0.25, 0.3) is 0 Å². The Labute approximate surface area is 131 Å². The number of amides is 1. The number of pyridine rings is 1. The van der Waals surface area contributed by atoms with Gasteiger partial charge in [-0.05, 0) is 17.5 Å². The summed E-state index contributed by atoms with van der Waals surface area (Å²) in [5.41, 5.74) is 6.54. The average molecular weight is 309 g/mol. The molecule has 0 fully saturated rings. The number of rotatable bonds is 9. The van der Waals surface area contributed by atoms with Crippen LogP contribution >= 0.6 is 12.2 Å². The molecule has 0 radical (unpaired) electrons. The van der Waals surface area contributed by atoms with E-state index in [4.69, 9.17) is 22.7 Å². The lowest BCUT2D eigenvalue weighted by Crippen LogP contribution is -2.34. The second-order valence-corrected chi connectivity index (χ2v) is 5.68. The maximum absolute atomic E-state index is 12.4. The zero-order valence-electron chi connectivity index (χ0n) is 12.6. The molecule has 0 aromatic carbocycles. The van der Waals surface area contributed by atoms with Crippen molar-refractivity contribution in [1.29, 1.82) is 0 Å². The molecule has 1 amide bonds. The number of carbonyl (C=O) groups is 1. The van der Waals surface area contributed by atoms with E-state index < -0.39 is 0 Å². The van der Waals surface area contributed by atoms with Crippen molar-refractivity contribution in [2.45, 2.75) is 26.3 Å². The molecule has 0 aliphatic rings. The summed E-state index contributed by atoms with van der Waals surface area (Å²) in [5, 5.41) is 0. The minimum Gasteiger partial charge on any atom is -0.393 e. The highest BCUT2D eigenvalue weighted by Crippen LogP contribution is 2.10. The van der Waals surface area contributed by atoms with Gasteiger partial charge in [-0.1, -0.05) is 25.2 Å². The molecule has 1 aromatic rings. The summed E-state index contributed by atoms with van der Waals surface area (Å²) in [5.74, 6) is 0.267. The molecule has 0 saturated carbocycles. The topological polar surface area (TPSA) is 68.5 Å². The van der Waals surface area contributed by atoms with E-state index in [9.17, 15) is 4.79 Å². The summed E-state index contributed by atoms with van der Waals surface area (Å²) < 4.78 is 5.08. The fraction of sp³-hybridized carbons (Fsp3) is 0.533. The summed E-state index contributed by atoms with van der Waals surface area (Å²) in [6.07, 6.45) is 4.45. The van der Waals surface area contributed by atoms with Gasteiger partial charge >= 0.3 is 0 Å². The predicted octanol–water partition coefficient (Wildman–Crippen LogP) is 1.76. The minimum atomic E-state index is 0.0830. The molecular formula is C15H23N3O2S. The van der Waals surface area contributed by atoms with Gasteiger partial charge in [0.1, 0.15) is 0 Å². The second-order valence-electron chi connectivity index (χ2n) is 5.16. The normalized spacial score (nSPS) is 11.9. The van der Waals surface area contributed by atoms with Crippen molar-refractivity contribution in [3.8, 4) is 0 Å². The molecule has 116 valence electrons. The largest absolute Gasteiger partial charge is 0.393 e. The number of ether oxygens (including phenoxy) is 1. The first-order chi connectivity index (χ1) is 10.0. The van der Waals surface area contributed by atoms with E-state index in [0.29, 0.717) is 37.5 Å². The first-order valence-electron chi connectivity index (χ1n) is 6.96. The van der Waals surface area contributed by atoms with Gasteiger partial charge in [0.25, 0.3) is 0 Å². The molecule has 6 heteroatoms. The summed E-state index contributed by atoms with van der Waals surface area (Å²) in [7, 11) is 1.64. The summed E-state index contributed by atoms with van der Waals surface area (Å²) >= 11 is 4.90. The lowest BCUT2D eigenvalue weighted by atomic mass is 10.1. The van der Waals surface area contributed by atoms with Gasteiger partial charge in [-0.2, -0.15) is 0 Å². The van der Waals surface area contributed by atoms with Crippen LogP contribution in [0.15, 0.2) is 24.5 Å². The standard InChI is InChI=1S/C15H23N3O2S/c1-12(11-20-2)8-15(19)18(7-5-14(16)21)10-13-4-3-6-17-9-13/h3-4,6,9,12H,5,7-8,10-11H2,1-2H3,(H2,16,21). The molecule has 1 heterocycles. The number of thiocarbonyl (C=S) groups is 1. The van der Waals surface area contributed by atoms with Crippen molar-refractivity contribution >= 4 is 23.1 Å². The molecule has 1 unspecified atom stereocenters. The van der Waals surface area contributed by atoms with E-state index in [1.165, 1.54) is 0 Å². The lowest BCUT2D eigenvalue weighted by molar-refractivity contribution is -0.133. The van der Waals surface area contributed by atoms with Gasteiger partial charge in [0.2, 0.25) is 5.91 Å². The third-order valence-corrected chi connectivity index (χ3v) is 3.26. The Bertz CT molecular complexity index is 453. The Morgan fingerprint density at radius 3 is 2.90 bits per heavy atom. The van der Waals surface area contributed by atoms with E-state index >= 15 is 0 Å². The molecule has 1 rings (SSSR count). The van der Waals surface area contributed by atoms with Gasteiger partial charge < -0.3 is 15.4 Å². The van der Waals surface area contributed by atoms with Crippen molar-refractivity contribution in [3.63, 3.8) is 0 Å². The van der Waals surface area contributed by atoms with E-state index in [1.54, 1.807) is 24.4 Å². The fourth-order valence-electron chi connectivity index (χ4n) is 2.02. The lowest BCUT2D eigenvalue weighted by Gasteiger charge is -2.24. The smallest absolute Gasteiger partial charge is 0.223 e. The van der Waals surface area contributed by atoms with Gasteiger partial charge in [0.15, 0.2) is 0 Å². The molecule has 2 N–H and O–H groups in total. The Morgan fingerprint density at radius 1 is 1.57 bits per heavy atom. The van der Waals surface area contributed by atoms with Crippen LogP contribution in [0.3, 0.4) is 0 Å². The van der Waals surface area contributed by atoms with Crippen LogP contribution in [0, 0.1) is 5.92 Å². The van der Waals surface area contributed by atoms with E-state index in [0.717, 1.165) is 5.56 Å². The van der Waals surface area contributed by atoms with Gasteiger partial charge in [0.05, 0.1) is 4.99 Å². The SMILES string of the molecule is COCC(C)CC(=O)N(CCC(N)=S)Cc1cccnc1. The maximum Gasteiger partial charge on any atom is 0.223 e. The molecular weight excluding hydrogens is 286 g/mol. The third kappa shape index (κ3) is 7.15. The van der Waals surface area contributed by atoms with Crippen LogP contribution in [0.5, 0.6) is 0 Å². The molecule has 5 nitrogen and oxygen atoms in total. The molecule has 21 heavy (non-hydrogen) atoms. The average Bonchev–Trinajstić information content (AvgIpc) is 2.44. The van der Waals surface area contributed by atoms with Crippen molar-refractivity contribution in [1.82, 2.24) is 9.88 Å². The van der Waals surface area contributed by atoms with Crippen molar-refractivity contribution in [3.05, 3.63) is 30.1 Å². The fourth-order valence-corrected chi connectivity index (χ4v) is 2.11. The number of aromatic nitrogens is 1. The number of methoxy groups -OCH3 is 1. The van der Waals surface area contributed by atoms with Crippen molar-refractivity contribution < 1.29 is 9.53 Å². The third-order valence-electron chi connectivity index (χ3n) is 3.05.